The van der Waals surface area contributed by atoms with Crippen LogP contribution in [0.25, 0.3) is 0 Å². The SMILES string of the molecule is OB(O)O.[C-]#N.[K+]. The van der Waals surface area contributed by atoms with E-state index in [1.807, 2.05) is 0 Å². The molecule has 0 saturated heterocycles. The molecule has 0 rings (SSSR count). The van der Waals surface area contributed by atoms with Crippen LogP contribution in [0.15, 0.2) is 0 Å². The Bertz CT molecular complexity index is 36.4. The van der Waals surface area contributed by atoms with E-state index in [1.54, 1.807) is 0 Å². The molecular weight excluding hydrogens is 124 g/mol. The summed E-state index contributed by atoms with van der Waals surface area (Å²) < 4.78 is 0. The van der Waals surface area contributed by atoms with Crippen molar-refractivity contribution < 1.29 is 66.5 Å². The van der Waals surface area contributed by atoms with Gasteiger partial charge in [0, 0.05) is 0 Å². The van der Waals surface area contributed by atoms with Gasteiger partial charge in [-0.3, -0.25) is 0 Å². The number of hydrogen-bond donors (Lipinski definition) is 3. The minimum absolute atomic E-state index is 0. The average molecular weight is 127 g/mol. The van der Waals surface area contributed by atoms with Crippen LogP contribution in [0.2, 0.25) is 0 Å². The van der Waals surface area contributed by atoms with E-state index in [9.17, 15) is 0 Å². The van der Waals surface area contributed by atoms with Gasteiger partial charge < -0.3 is 26.9 Å². The molecule has 0 aliphatic carbocycles. The average Bonchev–Trinajstić information content (AvgIpc) is 1.41. The Morgan fingerprint density at radius 3 is 1.14 bits per heavy atom. The van der Waals surface area contributed by atoms with E-state index in [1.165, 1.54) is 0 Å². The zero-order valence-corrected chi connectivity index (χ0v) is 6.99. The third-order valence-electron chi connectivity index (χ3n) is 0. The van der Waals surface area contributed by atoms with Crippen molar-refractivity contribution in [1.29, 1.82) is 5.26 Å². The second-order valence-electron chi connectivity index (χ2n) is 0.346. The molecule has 0 aliphatic rings. The molecule has 0 spiro atoms. The Hall–Kier alpha value is 1.07. The predicted molar refractivity (Wildman–Crippen MR) is 17.4 cm³/mol. The molecule has 3 N–H and O–H groups in total. The summed E-state index contributed by atoms with van der Waals surface area (Å²) >= 11 is 0. The van der Waals surface area contributed by atoms with Crippen LogP contribution in [0, 0.1) is 11.8 Å². The number of rotatable bonds is 0. The Kier molecular flexibility index (Phi) is 35.3. The van der Waals surface area contributed by atoms with Crippen molar-refractivity contribution in [3.8, 4) is 0 Å². The first-order valence-electron chi connectivity index (χ1n) is 0.998. The van der Waals surface area contributed by atoms with Gasteiger partial charge in [0.05, 0.1) is 0 Å². The van der Waals surface area contributed by atoms with Crippen molar-refractivity contribution in [2.45, 2.75) is 0 Å². The van der Waals surface area contributed by atoms with E-state index in [0.717, 1.165) is 0 Å². The molecule has 0 atom stereocenters. The molecule has 0 aliphatic heterocycles. The van der Waals surface area contributed by atoms with Crippen LogP contribution in [0.3, 0.4) is 0 Å². The normalized spacial score (nSPS) is 4.14. The van der Waals surface area contributed by atoms with Crippen molar-refractivity contribution in [1.82, 2.24) is 0 Å². The molecule has 0 fully saturated rings. The van der Waals surface area contributed by atoms with Crippen LogP contribution in [0.4, 0.5) is 0 Å². The van der Waals surface area contributed by atoms with Gasteiger partial charge in [0.2, 0.25) is 0 Å². The molecule has 0 aromatic rings. The Labute approximate surface area is 84.4 Å². The van der Waals surface area contributed by atoms with Crippen molar-refractivity contribution in [2.24, 2.45) is 0 Å². The Morgan fingerprint density at radius 1 is 1.14 bits per heavy atom. The molecular formula is CH3BKNO3. The van der Waals surface area contributed by atoms with E-state index in [2.05, 4.69) is 0 Å². The van der Waals surface area contributed by atoms with Gasteiger partial charge in [0.1, 0.15) is 0 Å². The maximum Gasteiger partial charge on any atom is 1.00 e. The first kappa shape index (κ1) is 15.7. The summed E-state index contributed by atoms with van der Waals surface area (Å²) in [5.74, 6) is 0. The van der Waals surface area contributed by atoms with Gasteiger partial charge >= 0.3 is 58.7 Å². The molecule has 0 unspecified atom stereocenters. The fourth-order valence-corrected chi connectivity index (χ4v) is 0. The summed E-state index contributed by atoms with van der Waals surface area (Å²) in [6, 6.07) is 0. The van der Waals surface area contributed by atoms with Crippen molar-refractivity contribution in [2.75, 3.05) is 0 Å². The Balaban J connectivity index is -0.0000000480. The first-order chi connectivity index (χ1) is 2.73. The van der Waals surface area contributed by atoms with Crippen LogP contribution in [-0.4, -0.2) is 22.4 Å². The van der Waals surface area contributed by atoms with E-state index in [-0.39, 0.29) is 51.4 Å². The molecule has 0 saturated carbocycles. The smallest absolute Gasteiger partial charge is 0.512 e. The topological polar surface area (TPSA) is 84.5 Å². The van der Waals surface area contributed by atoms with Crippen LogP contribution in [0.5, 0.6) is 0 Å². The standard InChI is InChI=1S/CN.BH3O3.K/c1-2;2-1(3)4;/h;2-4H;/q-1;;+1. The van der Waals surface area contributed by atoms with E-state index < -0.39 is 7.32 Å². The van der Waals surface area contributed by atoms with E-state index in [4.69, 9.17) is 26.9 Å². The second kappa shape index (κ2) is 15.7. The molecule has 0 aromatic heterocycles. The predicted octanol–water partition coefficient (Wildman–Crippen LogP) is -4.95. The van der Waals surface area contributed by atoms with Crippen LogP contribution >= 0.6 is 0 Å². The monoisotopic (exact) mass is 127 g/mol. The van der Waals surface area contributed by atoms with Gasteiger partial charge in [-0.25, -0.2) is 0 Å². The van der Waals surface area contributed by atoms with Gasteiger partial charge in [-0.15, -0.1) is 0 Å². The summed E-state index contributed by atoms with van der Waals surface area (Å²) in [6.45, 7) is 4.75. The van der Waals surface area contributed by atoms with Crippen LogP contribution < -0.4 is 51.4 Å². The van der Waals surface area contributed by atoms with Gasteiger partial charge in [-0.1, -0.05) is 0 Å². The zero-order valence-electron chi connectivity index (χ0n) is 3.87. The third kappa shape index (κ3) is 158. The number of hydrogen-bond acceptors (Lipinski definition) is 4. The second-order valence-corrected chi connectivity index (χ2v) is 0.346. The molecule has 0 heterocycles. The zero-order chi connectivity index (χ0) is 5.58. The summed E-state index contributed by atoms with van der Waals surface area (Å²) in [5, 5.41) is 27.8. The first-order valence-corrected chi connectivity index (χ1v) is 0.998. The maximum atomic E-state index is 7.17. The van der Waals surface area contributed by atoms with Crippen LogP contribution in [0.1, 0.15) is 0 Å². The van der Waals surface area contributed by atoms with E-state index >= 15 is 0 Å². The largest absolute Gasteiger partial charge is 1.00 e. The van der Waals surface area contributed by atoms with Gasteiger partial charge in [-0.05, 0) is 0 Å². The summed E-state index contributed by atoms with van der Waals surface area (Å²) in [4.78, 5) is 0. The third-order valence-corrected chi connectivity index (χ3v) is 0. The maximum absolute atomic E-state index is 7.17. The molecule has 6 heteroatoms. The molecule has 0 amide bonds. The Morgan fingerprint density at radius 2 is 1.14 bits per heavy atom. The van der Waals surface area contributed by atoms with Gasteiger partial charge in [0.25, 0.3) is 0 Å². The number of nitrogens with zero attached hydrogens (tertiary/aromatic N) is 1. The quantitative estimate of drug-likeness (QED) is 0.225. The summed E-state index contributed by atoms with van der Waals surface area (Å²) in [5.41, 5.74) is 0. The van der Waals surface area contributed by atoms with Gasteiger partial charge in [-0.2, -0.15) is 0 Å². The minimum atomic E-state index is -2.17. The van der Waals surface area contributed by atoms with Crippen molar-refractivity contribution in [3.05, 3.63) is 6.57 Å². The molecule has 0 radical (unpaired) electrons. The van der Waals surface area contributed by atoms with E-state index in [0.29, 0.717) is 0 Å². The summed E-state index contributed by atoms with van der Waals surface area (Å²) in [7, 11) is -2.17. The van der Waals surface area contributed by atoms with Crippen molar-refractivity contribution in [3.63, 3.8) is 0 Å². The molecule has 0 aromatic carbocycles. The molecule has 7 heavy (non-hydrogen) atoms. The molecule has 0 bridgehead atoms. The van der Waals surface area contributed by atoms with Crippen LogP contribution in [-0.2, 0) is 0 Å². The molecule has 4 nitrogen and oxygen atoms in total. The van der Waals surface area contributed by atoms with Gasteiger partial charge in [0.15, 0.2) is 0 Å². The fraction of sp³-hybridized carbons (Fsp3) is 0. The minimum Gasteiger partial charge on any atom is -0.512 e. The fourth-order valence-electron chi connectivity index (χ4n) is 0. The van der Waals surface area contributed by atoms with Crippen molar-refractivity contribution >= 4 is 7.32 Å². The molecule has 34 valence electrons. The summed E-state index contributed by atoms with van der Waals surface area (Å²) in [6.07, 6.45) is 0.